The van der Waals surface area contributed by atoms with Crippen molar-refractivity contribution in [3.8, 4) is 0 Å². The molecule has 2 N–H and O–H groups in total. The number of hydrogen-bond donors (Lipinski definition) is 2. The van der Waals surface area contributed by atoms with E-state index in [1.54, 1.807) is 13.0 Å². The average molecular weight is 271 g/mol. The molecule has 0 saturated carbocycles. The van der Waals surface area contributed by atoms with Crippen LogP contribution in [0.2, 0.25) is 0 Å². The van der Waals surface area contributed by atoms with Crippen LogP contribution in [-0.4, -0.2) is 11.2 Å². The van der Waals surface area contributed by atoms with E-state index in [1.165, 1.54) is 24.0 Å². The smallest absolute Gasteiger partial charge is 0.324 e. The van der Waals surface area contributed by atoms with Gasteiger partial charge in [0.25, 0.3) is 0 Å². The third kappa shape index (κ3) is 2.66. The van der Waals surface area contributed by atoms with E-state index in [4.69, 9.17) is 4.52 Å². The number of nitrogens with zero attached hydrogens (tertiary/aromatic N) is 1. The van der Waals surface area contributed by atoms with Gasteiger partial charge in [-0.25, -0.2) is 4.79 Å². The Morgan fingerprint density at radius 1 is 1.25 bits per heavy atom. The molecule has 0 spiro atoms. The maximum atomic E-state index is 12.0. The average Bonchev–Trinajstić information content (AvgIpc) is 2.84. The van der Waals surface area contributed by atoms with E-state index in [0.717, 1.165) is 18.5 Å². The number of aromatic nitrogens is 1. The summed E-state index contributed by atoms with van der Waals surface area (Å²) in [5.74, 6) is 1.09. The minimum atomic E-state index is -0.294. The Morgan fingerprint density at radius 2 is 2.10 bits per heavy atom. The van der Waals surface area contributed by atoms with E-state index in [9.17, 15) is 4.79 Å². The molecule has 1 heterocycles. The first kappa shape index (κ1) is 12.7. The predicted octanol–water partition coefficient (Wildman–Crippen LogP) is 3.51. The maximum absolute atomic E-state index is 12.0. The molecule has 2 amide bonds. The molecule has 2 aromatic rings. The van der Waals surface area contributed by atoms with Gasteiger partial charge in [-0.2, -0.15) is 0 Å². The SMILES string of the molecule is Cc1cc(NC(=O)Nc2cccc3c2CCCC3)no1. The highest BCUT2D eigenvalue weighted by Crippen LogP contribution is 2.27. The molecule has 0 aliphatic heterocycles. The summed E-state index contributed by atoms with van der Waals surface area (Å²) < 4.78 is 4.91. The quantitative estimate of drug-likeness (QED) is 0.878. The summed E-state index contributed by atoms with van der Waals surface area (Å²) in [6, 6.07) is 7.45. The highest BCUT2D eigenvalue weighted by molar-refractivity contribution is 5.99. The van der Waals surface area contributed by atoms with Gasteiger partial charge in [0.15, 0.2) is 5.82 Å². The summed E-state index contributed by atoms with van der Waals surface area (Å²) in [5.41, 5.74) is 3.48. The zero-order valence-corrected chi connectivity index (χ0v) is 11.4. The largest absolute Gasteiger partial charge is 0.360 e. The van der Waals surface area contributed by atoms with E-state index in [1.807, 2.05) is 12.1 Å². The molecule has 1 aromatic heterocycles. The van der Waals surface area contributed by atoms with Crippen LogP contribution >= 0.6 is 0 Å². The first-order valence-electron chi connectivity index (χ1n) is 6.84. The number of fused-ring (bicyclic) bond motifs is 1. The number of carbonyl (C=O) groups is 1. The van der Waals surface area contributed by atoms with Crippen molar-refractivity contribution in [2.75, 3.05) is 10.6 Å². The molecular formula is C15H17N3O2. The van der Waals surface area contributed by atoms with Gasteiger partial charge >= 0.3 is 6.03 Å². The monoisotopic (exact) mass is 271 g/mol. The van der Waals surface area contributed by atoms with Crippen molar-refractivity contribution >= 4 is 17.5 Å². The lowest BCUT2D eigenvalue weighted by atomic mass is 9.90. The Morgan fingerprint density at radius 3 is 2.90 bits per heavy atom. The molecular weight excluding hydrogens is 254 g/mol. The van der Waals surface area contributed by atoms with Crippen LogP contribution < -0.4 is 10.6 Å². The van der Waals surface area contributed by atoms with Gasteiger partial charge < -0.3 is 9.84 Å². The Labute approximate surface area is 117 Å². The molecule has 0 saturated heterocycles. The van der Waals surface area contributed by atoms with Crippen LogP contribution in [0.25, 0.3) is 0 Å². The fourth-order valence-electron chi connectivity index (χ4n) is 2.59. The lowest BCUT2D eigenvalue weighted by Gasteiger charge is -2.19. The van der Waals surface area contributed by atoms with Crippen molar-refractivity contribution in [1.29, 1.82) is 0 Å². The highest BCUT2D eigenvalue weighted by atomic mass is 16.5. The molecule has 0 radical (unpaired) electrons. The third-order valence-corrected chi connectivity index (χ3v) is 3.51. The number of rotatable bonds is 2. The van der Waals surface area contributed by atoms with Crippen LogP contribution in [0.3, 0.4) is 0 Å². The Hall–Kier alpha value is -2.30. The fourth-order valence-corrected chi connectivity index (χ4v) is 2.59. The van der Waals surface area contributed by atoms with E-state index in [2.05, 4.69) is 21.9 Å². The van der Waals surface area contributed by atoms with Crippen LogP contribution in [0.5, 0.6) is 0 Å². The van der Waals surface area contributed by atoms with Gasteiger partial charge in [-0.05, 0) is 49.8 Å². The minimum Gasteiger partial charge on any atom is -0.360 e. The van der Waals surface area contributed by atoms with Gasteiger partial charge in [-0.1, -0.05) is 17.3 Å². The standard InChI is InChI=1S/C15H17N3O2/c1-10-9-14(18-20-10)17-15(19)16-13-8-4-6-11-5-2-3-7-12(11)13/h4,6,8-9H,2-3,5,7H2,1H3,(H2,16,17,18,19). The summed E-state index contributed by atoms with van der Waals surface area (Å²) in [7, 11) is 0. The molecule has 0 fully saturated rings. The molecule has 1 aliphatic rings. The molecule has 20 heavy (non-hydrogen) atoms. The second-order valence-corrected chi connectivity index (χ2v) is 5.05. The summed E-state index contributed by atoms with van der Waals surface area (Å²) in [4.78, 5) is 12.0. The van der Waals surface area contributed by atoms with E-state index in [0.29, 0.717) is 11.6 Å². The first-order valence-corrected chi connectivity index (χ1v) is 6.84. The van der Waals surface area contributed by atoms with Crippen molar-refractivity contribution < 1.29 is 9.32 Å². The molecule has 3 rings (SSSR count). The summed E-state index contributed by atoms with van der Waals surface area (Å²) >= 11 is 0. The molecule has 1 aromatic carbocycles. The molecule has 5 nitrogen and oxygen atoms in total. The normalized spacial score (nSPS) is 13.7. The van der Waals surface area contributed by atoms with Gasteiger partial charge in [-0.3, -0.25) is 5.32 Å². The molecule has 0 unspecified atom stereocenters. The van der Waals surface area contributed by atoms with Crippen molar-refractivity contribution in [2.45, 2.75) is 32.6 Å². The number of anilines is 2. The topological polar surface area (TPSA) is 67.2 Å². The zero-order chi connectivity index (χ0) is 13.9. The lowest BCUT2D eigenvalue weighted by molar-refractivity contribution is 0.262. The summed E-state index contributed by atoms with van der Waals surface area (Å²) in [6.45, 7) is 1.78. The second-order valence-electron chi connectivity index (χ2n) is 5.05. The number of urea groups is 1. The predicted molar refractivity (Wildman–Crippen MR) is 77.0 cm³/mol. The highest BCUT2D eigenvalue weighted by Gasteiger charge is 2.14. The van der Waals surface area contributed by atoms with Crippen LogP contribution in [0.1, 0.15) is 29.7 Å². The van der Waals surface area contributed by atoms with E-state index < -0.39 is 0 Å². The number of carbonyl (C=O) groups excluding carboxylic acids is 1. The number of hydrogen-bond acceptors (Lipinski definition) is 3. The number of aryl methyl sites for hydroxylation is 2. The van der Waals surface area contributed by atoms with Crippen LogP contribution in [0.4, 0.5) is 16.3 Å². The Balaban J connectivity index is 1.73. The second kappa shape index (κ2) is 5.36. The first-order chi connectivity index (χ1) is 9.72. The van der Waals surface area contributed by atoms with Crippen molar-refractivity contribution in [2.24, 2.45) is 0 Å². The van der Waals surface area contributed by atoms with Gasteiger partial charge in [0, 0.05) is 11.8 Å². The summed E-state index contributed by atoms with van der Waals surface area (Å²) in [5, 5.41) is 9.30. The van der Waals surface area contributed by atoms with E-state index in [-0.39, 0.29) is 6.03 Å². The number of benzene rings is 1. The van der Waals surface area contributed by atoms with Gasteiger partial charge in [-0.15, -0.1) is 0 Å². The number of nitrogens with one attached hydrogen (secondary N) is 2. The Kier molecular flexibility index (Phi) is 3.41. The molecule has 1 aliphatic carbocycles. The lowest BCUT2D eigenvalue weighted by Crippen LogP contribution is -2.21. The van der Waals surface area contributed by atoms with Gasteiger partial charge in [0.05, 0.1) is 0 Å². The van der Waals surface area contributed by atoms with E-state index >= 15 is 0 Å². The molecule has 0 atom stereocenters. The maximum Gasteiger partial charge on any atom is 0.324 e. The summed E-state index contributed by atoms with van der Waals surface area (Å²) in [6.07, 6.45) is 4.51. The minimum absolute atomic E-state index is 0.294. The zero-order valence-electron chi connectivity index (χ0n) is 11.4. The van der Waals surface area contributed by atoms with Crippen LogP contribution in [0, 0.1) is 6.92 Å². The number of amides is 2. The molecule has 5 heteroatoms. The van der Waals surface area contributed by atoms with Crippen molar-refractivity contribution in [3.63, 3.8) is 0 Å². The fraction of sp³-hybridized carbons (Fsp3) is 0.333. The third-order valence-electron chi connectivity index (χ3n) is 3.51. The van der Waals surface area contributed by atoms with Crippen molar-refractivity contribution in [1.82, 2.24) is 5.16 Å². The van der Waals surface area contributed by atoms with Gasteiger partial charge in [0.1, 0.15) is 5.76 Å². The Bertz CT molecular complexity index is 634. The van der Waals surface area contributed by atoms with Crippen molar-refractivity contribution in [3.05, 3.63) is 41.2 Å². The van der Waals surface area contributed by atoms with Crippen LogP contribution in [-0.2, 0) is 12.8 Å². The van der Waals surface area contributed by atoms with Gasteiger partial charge in [0.2, 0.25) is 0 Å². The molecule has 104 valence electrons. The van der Waals surface area contributed by atoms with Crippen LogP contribution in [0.15, 0.2) is 28.8 Å². The molecule has 0 bridgehead atoms.